The Balaban J connectivity index is 2.89. The molecule has 17 heavy (non-hydrogen) atoms. The molecule has 0 spiro atoms. The number of carboxylic acid groups (broad SMARTS) is 1. The van der Waals surface area contributed by atoms with E-state index in [2.05, 4.69) is 5.32 Å². The van der Waals surface area contributed by atoms with Crippen LogP contribution in [0.3, 0.4) is 0 Å². The van der Waals surface area contributed by atoms with Crippen LogP contribution in [0.5, 0.6) is 5.75 Å². The molecule has 5 nitrogen and oxygen atoms in total. The van der Waals surface area contributed by atoms with Gasteiger partial charge >= 0.3 is 5.97 Å². The Morgan fingerprint density at radius 3 is 2.35 bits per heavy atom. The van der Waals surface area contributed by atoms with E-state index in [4.69, 9.17) is 9.84 Å². The zero-order valence-corrected chi connectivity index (χ0v) is 9.77. The molecule has 92 valence electrons. The number of ether oxygens (including phenoxy) is 1. The number of aliphatic carboxylic acids is 1. The van der Waals surface area contributed by atoms with Gasteiger partial charge in [0.2, 0.25) is 5.91 Å². The Kier molecular flexibility index (Phi) is 4.51. The third kappa shape index (κ3) is 3.48. The van der Waals surface area contributed by atoms with Gasteiger partial charge in [0.15, 0.2) is 0 Å². The largest absolute Gasteiger partial charge is 0.497 e. The predicted molar refractivity (Wildman–Crippen MR) is 62.1 cm³/mol. The van der Waals surface area contributed by atoms with Gasteiger partial charge < -0.3 is 15.2 Å². The van der Waals surface area contributed by atoms with Crippen molar-refractivity contribution in [2.24, 2.45) is 0 Å². The molecular weight excluding hydrogens is 222 g/mol. The quantitative estimate of drug-likeness (QED) is 0.801. The highest BCUT2D eigenvalue weighted by Gasteiger charge is 2.22. The molecular formula is C12H15NO4. The van der Waals surface area contributed by atoms with Gasteiger partial charge in [0.25, 0.3) is 0 Å². The average molecular weight is 237 g/mol. The van der Waals surface area contributed by atoms with Crippen molar-refractivity contribution >= 4 is 11.9 Å². The normalized spacial score (nSPS) is 11.6. The summed E-state index contributed by atoms with van der Waals surface area (Å²) in [4.78, 5) is 22.3. The van der Waals surface area contributed by atoms with Gasteiger partial charge in [0, 0.05) is 13.5 Å². The first-order valence-corrected chi connectivity index (χ1v) is 5.15. The maximum Gasteiger partial charge on any atom is 0.311 e. The van der Waals surface area contributed by atoms with E-state index in [-0.39, 0.29) is 12.3 Å². The van der Waals surface area contributed by atoms with Gasteiger partial charge in [0.1, 0.15) is 5.75 Å². The summed E-state index contributed by atoms with van der Waals surface area (Å²) in [6, 6.07) is 6.66. The van der Waals surface area contributed by atoms with Gasteiger partial charge in [-0.25, -0.2) is 0 Å². The second-order valence-electron chi connectivity index (χ2n) is 3.54. The van der Waals surface area contributed by atoms with Crippen LogP contribution in [0.1, 0.15) is 17.9 Å². The van der Waals surface area contributed by atoms with E-state index in [1.54, 1.807) is 24.3 Å². The van der Waals surface area contributed by atoms with E-state index in [0.29, 0.717) is 11.3 Å². The maximum absolute atomic E-state index is 11.2. The highest BCUT2D eigenvalue weighted by Crippen LogP contribution is 2.22. The second kappa shape index (κ2) is 5.89. The lowest BCUT2D eigenvalue weighted by molar-refractivity contribution is -0.140. The number of nitrogens with one attached hydrogen (secondary N) is 1. The molecule has 0 fully saturated rings. The molecule has 0 unspecified atom stereocenters. The Bertz CT molecular complexity index is 399. The zero-order valence-electron chi connectivity index (χ0n) is 9.77. The van der Waals surface area contributed by atoms with Gasteiger partial charge in [-0.05, 0) is 17.7 Å². The molecule has 0 aromatic heterocycles. The number of carbonyl (C=O) groups excluding carboxylic acids is 1. The summed E-state index contributed by atoms with van der Waals surface area (Å²) < 4.78 is 4.98. The minimum atomic E-state index is -1.02. The van der Waals surface area contributed by atoms with E-state index in [0.717, 1.165) is 0 Å². The van der Waals surface area contributed by atoms with E-state index in [1.165, 1.54) is 14.2 Å². The fourth-order valence-electron chi connectivity index (χ4n) is 1.47. The van der Waals surface area contributed by atoms with Crippen LogP contribution in [0.2, 0.25) is 0 Å². The highest BCUT2D eigenvalue weighted by molar-refractivity contribution is 5.85. The Labute approximate surface area is 99.4 Å². The van der Waals surface area contributed by atoms with E-state index < -0.39 is 11.9 Å². The highest BCUT2D eigenvalue weighted by atomic mass is 16.5. The Morgan fingerprint density at radius 2 is 1.94 bits per heavy atom. The Hall–Kier alpha value is -2.04. The van der Waals surface area contributed by atoms with Crippen LogP contribution >= 0.6 is 0 Å². The van der Waals surface area contributed by atoms with E-state index in [9.17, 15) is 9.59 Å². The lowest BCUT2D eigenvalue weighted by Gasteiger charge is -2.12. The van der Waals surface area contributed by atoms with Crippen LogP contribution in [-0.4, -0.2) is 31.1 Å². The molecule has 0 saturated heterocycles. The standard InChI is InChI=1S/C12H15NO4/c1-13-11(14)7-10(12(15)16)8-3-5-9(17-2)6-4-8/h3-6,10H,7H2,1-2H3,(H,13,14)(H,15,16)/t10-/m0/s1. The van der Waals surface area contributed by atoms with E-state index in [1.807, 2.05) is 0 Å². The molecule has 0 radical (unpaired) electrons. The first-order valence-electron chi connectivity index (χ1n) is 5.15. The van der Waals surface area contributed by atoms with Crippen LogP contribution < -0.4 is 10.1 Å². The van der Waals surface area contributed by atoms with Crippen LogP contribution in [0.25, 0.3) is 0 Å². The monoisotopic (exact) mass is 237 g/mol. The van der Waals surface area contributed by atoms with Crippen molar-refractivity contribution in [3.63, 3.8) is 0 Å². The Morgan fingerprint density at radius 1 is 1.35 bits per heavy atom. The molecule has 1 aromatic rings. The van der Waals surface area contributed by atoms with Gasteiger partial charge in [-0.2, -0.15) is 0 Å². The molecule has 1 rings (SSSR count). The van der Waals surface area contributed by atoms with Gasteiger partial charge in [0.05, 0.1) is 13.0 Å². The van der Waals surface area contributed by atoms with Crippen molar-refractivity contribution in [1.82, 2.24) is 5.32 Å². The SMILES string of the molecule is CNC(=O)C[C@H](C(=O)O)c1ccc(OC)cc1. The van der Waals surface area contributed by atoms with Crippen LogP contribution in [0.4, 0.5) is 0 Å². The number of carboxylic acids is 1. The number of methoxy groups -OCH3 is 1. The smallest absolute Gasteiger partial charge is 0.311 e. The lowest BCUT2D eigenvalue weighted by atomic mass is 9.95. The molecule has 0 saturated carbocycles. The van der Waals surface area contributed by atoms with E-state index >= 15 is 0 Å². The fourth-order valence-corrected chi connectivity index (χ4v) is 1.47. The summed E-state index contributed by atoms with van der Waals surface area (Å²) >= 11 is 0. The first-order chi connectivity index (χ1) is 8.08. The third-order valence-electron chi connectivity index (χ3n) is 2.48. The fraction of sp³-hybridized carbons (Fsp3) is 0.333. The molecule has 0 bridgehead atoms. The predicted octanol–water partition coefficient (Wildman–Crippen LogP) is 0.999. The number of carbonyl (C=O) groups is 2. The number of amides is 1. The van der Waals surface area contributed by atoms with Crippen molar-refractivity contribution in [2.75, 3.05) is 14.2 Å². The maximum atomic E-state index is 11.2. The summed E-state index contributed by atoms with van der Waals surface area (Å²) in [6.45, 7) is 0. The van der Waals surface area contributed by atoms with Crippen molar-refractivity contribution in [1.29, 1.82) is 0 Å². The summed E-state index contributed by atoms with van der Waals surface area (Å²) in [5.41, 5.74) is 0.585. The molecule has 0 aliphatic heterocycles. The van der Waals surface area contributed by atoms with Crippen molar-refractivity contribution in [3.8, 4) is 5.75 Å². The zero-order chi connectivity index (χ0) is 12.8. The molecule has 0 heterocycles. The lowest BCUT2D eigenvalue weighted by Crippen LogP contribution is -2.24. The van der Waals surface area contributed by atoms with Crippen molar-refractivity contribution in [2.45, 2.75) is 12.3 Å². The second-order valence-corrected chi connectivity index (χ2v) is 3.54. The van der Waals surface area contributed by atoms with Crippen molar-refractivity contribution < 1.29 is 19.4 Å². The molecule has 0 aliphatic rings. The first kappa shape index (κ1) is 13.0. The summed E-state index contributed by atoms with van der Waals surface area (Å²) in [5, 5.41) is 11.5. The summed E-state index contributed by atoms with van der Waals surface area (Å²) in [5.74, 6) is -1.49. The summed E-state index contributed by atoms with van der Waals surface area (Å²) in [6.07, 6.45) is -0.0713. The molecule has 2 N–H and O–H groups in total. The van der Waals surface area contributed by atoms with Crippen LogP contribution in [0, 0.1) is 0 Å². The molecule has 1 aromatic carbocycles. The number of rotatable bonds is 5. The number of hydrogen-bond donors (Lipinski definition) is 2. The topological polar surface area (TPSA) is 75.6 Å². The van der Waals surface area contributed by atoms with Gasteiger partial charge in [-0.15, -0.1) is 0 Å². The van der Waals surface area contributed by atoms with Crippen molar-refractivity contribution in [3.05, 3.63) is 29.8 Å². The third-order valence-corrected chi connectivity index (χ3v) is 2.48. The summed E-state index contributed by atoms with van der Waals surface area (Å²) in [7, 11) is 3.02. The van der Waals surface area contributed by atoms with Gasteiger partial charge in [-0.1, -0.05) is 12.1 Å². The van der Waals surface area contributed by atoms with Crippen LogP contribution in [0.15, 0.2) is 24.3 Å². The molecule has 1 amide bonds. The molecule has 1 atom stereocenters. The average Bonchev–Trinajstić information content (AvgIpc) is 2.35. The minimum Gasteiger partial charge on any atom is -0.497 e. The number of benzene rings is 1. The minimum absolute atomic E-state index is 0.0713. The molecule has 5 heteroatoms. The molecule has 0 aliphatic carbocycles. The van der Waals surface area contributed by atoms with Crippen LogP contribution in [-0.2, 0) is 9.59 Å². The number of hydrogen-bond acceptors (Lipinski definition) is 3. The van der Waals surface area contributed by atoms with Gasteiger partial charge in [-0.3, -0.25) is 9.59 Å².